The molecule has 0 aromatic heterocycles. The predicted octanol–water partition coefficient (Wildman–Crippen LogP) is 1.46. The van der Waals surface area contributed by atoms with Gasteiger partial charge in [0.25, 0.3) is 0 Å². The number of amides is 1. The van der Waals surface area contributed by atoms with Crippen LogP contribution < -0.4 is 5.73 Å². The number of carbonyl (C=O) groups is 1. The zero-order valence-corrected chi connectivity index (χ0v) is 9.12. The molecule has 0 fully saturated rings. The molecule has 0 aliphatic heterocycles. The normalized spacial score (nSPS) is 11.2. The standard InChI is InChI=1S/C8H13F3N2OS/c1-2-13(5-6(12)15)7(14)3-4-8(9,10)11/h2-5H2,1H3,(H2,12,15). The Kier molecular flexibility index (Phi) is 5.56. The summed E-state index contributed by atoms with van der Waals surface area (Å²) in [6.07, 6.45) is -5.97. The molecule has 0 atom stereocenters. The second-order valence-electron chi connectivity index (χ2n) is 2.99. The third-order valence-electron chi connectivity index (χ3n) is 1.70. The lowest BCUT2D eigenvalue weighted by atomic mass is 10.2. The molecule has 0 saturated carbocycles. The molecule has 0 aliphatic carbocycles. The maximum absolute atomic E-state index is 11.8. The van der Waals surface area contributed by atoms with Gasteiger partial charge >= 0.3 is 6.18 Å². The average molecular weight is 242 g/mol. The fourth-order valence-electron chi connectivity index (χ4n) is 0.971. The van der Waals surface area contributed by atoms with E-state index in [1.165, 1.54) is 4.90 Å². The number of alkyl halides is 3. The van der Waals surface area contributed by atoms with E-state index >= 15 is 0 Å². The fourth-order valence-corrected chi connectivity index (χ4v) is 1.13. The molecular weight excluding hydrogens is 229 g/mol. The van der Waals surface area contributed by atoms with E-state index in [0.717, 1.165) is 0 Å². The van der Waals surface area contributed by atoms with Gasteiger partial charge in [-0.15, -0.1) is 0 Å². The molecule has 7 heteroatoms. The van der Waals surface area contributed by atoms with E-state index in [0.29, 0.717) is 6.54 Å². The second kappa shape index (κ2) is 5.89. The highest BCUT2D eigenvalue weighted by Crippen LogP contribution is 2.21. The van der Waals surface area contributed by atoms with Gasteiger partial charge in [-0.2, -0.15) is 13.2 Å². The number of rotatable bonds is 5. The van der Waals surface area contributed by atoms with Crippen molar-refractivity contribution in [3.63, 3.8) is 0 Å². The van der Waals surface area contributed by atoms with Crippen LogP contribution in [0, 0.1) is 0 Å². The first kappa shape index (κ1) is 14.2. The minimum absolute atomic E-state index is 0.0303. The van der Waals surface area contributed by atoms with Crippen LogP contribution in [-0.2, 0) is 4.79 Å². The van der Waals surface area contributed by atoms with E-state index in [1.807, 2.05) is 0 Å². The second-order valence-corrected chi connectivity index (χ2v) is 3.51. The summed E-state index contributed by atoms with van der Waals surface area (Å²) in [5.41, 5.74) is 5.20. The van der Waals surface area contributed by atoms with Crippen LogP contribution in [0.4, 0.5) is 13.2 Å². The van der Waals surface area contributed by atoms with E-state index in [2.05, 4.69) is 12.2 Å². The zero-order valence-electron chi connectivity index (χ0n) is 8.30. The summed E-state index contributed by atoms with van der Waals surface area (Å²) in [5, 5.41) is 0. The largest absolute Gasteiger partial charge is 0.392 e. The van der Waals surface area contributed by atoms with Gasteiger partial charge in [0, 0.05) is 13.0 Å². The Hall–Kier alpha value is -0.850. The summed E-state index contributed by atoms with van der Waals surface area (Å²) >= 11 is 4.58. The molecule has 2 N–H and O–H groups in total. The Morgan fingerprint density at radius 1 is 1.47 bits per heavy atom. The van der Waals surface area contributed by atoms with E-state index in [1.54, 1.807) is 6.92 Å². The number of nitrogens with two attached hydrogens (primary N) is 1. The first-order chi connectivity index (χ1) is 6.76. The van der Waals surface area contributed by atoms with Crippen LogP contribution in [0.5, 0.6) is 0 Å². The summed E-state index contributed by atoms with van der Waals surface area (Å²) in [6.45, 7) is 1.99. The summed E-state index contributed by atoms with van der Waals surface area (Å²) < 4.78 is 35.5. The number of halogens is 3. The lowest BCUT2D eigenvalue weighted by molar-refractivity contribution is -0.148. The molecule has 0 aromatic rings. The number of carbonyl (C=O) groups excluding carboxylic acids is 1. The predicted molar refractivity (Wildman–Crippen MR) is 54.3 cm³/mol. The van der Waals surface area contributed by atoms with Crippen molar-refractivity contribution in [2.75, 3.05) is 13.1 Å². The van der Waals surface area contributed by atoms with Gasteiger partial charge < -0.3 is 10.6 Å². The molecule has 0 bridgehead atoms. The van der Waals surface area contributed by atoms with E-state index < -0.39 is 24.9 Å². The molecule has 0 unspecified atom stereocenters. The molecule has 3 nitrogen and oxygen atoms in total. The molecule has 0 saturated heterocycles. The first-order valence-corrected chi connectivity index (χ1v) is 4.80. The van der Waals surface area contributed by atoms with E-state index in [9.17, 15) is 18.0 Å². The fraction of sp³-hybridized carbons (Fsp3) is 0.750. The lowest BCUT2D eigenvalue weighted by Crippen LogP contribution is -2.37. The summed E-state index contributed by atoms with van der Waals surface area (Å²) in [5.74, 6) is -0.581. The van der Waals surface area contributed by atoms with Crippen LogP contribution in [0.3, 0.4) is 0 Å². The van der Waals surface area contributed by atoms with Gasteiger partial charge in [-0.3, -0.25) is 4.79 Å². The molecule has 0 radical (unpaired) electrons. The molecule has 15 heavy (non-hydrogen) atoms. The Morgan fingerprint density at radius 3 is 2.33 bits per heavy atom. The number of hydrogen-bond acceptors (Lipinski definition) is 2. The lowest BCUT2D eigenvalue weighted by Gasteiger charge is -2.20. The molecule has 0 spiro atoms. The van der Waals surface area contributed by atoms with Crippen LogP contribution in [0.25, 0.3) is 0 Å². The monoisotopic (exact) mass is 242 g/mol. The Labute approximate surface area is 91.4 Å². The van der Waals surface area contributed by atoms with Crippen molar-refractivity contribution in [3.8, 4) is 0 Å². The Bertz CT molecular complexity index is 243. The quantitative estimate of drug-likeness (QED) is 0.742. The van der Waals surface area contributed by atoms with Crippen molar-refractivity contribution >= 4 is 23.1 Å². The molecule has 0 rings (SSSR count). The van der Waals surface area contributed by atoms with Gasteiger partial charge in [0.15, 0.2) is 0 Å². The molecule has 1 amide bonds. The van der Waals surface area contributed by atoms with Gasteiger partial charge in [-0.05, 0) is 6.92 Å². The molecule has 0 aliphatic rings. The number of hydrogen-bond donors (Lipinski definition) is 1. The van der Waals surface area contributed by atoms with Crippen LogP contribution in [0.1, 0.15) is 19.8 Å². The molecule has 0 aromatic carbocycles. The highest BCUT2D eigenvalue weighted by Gasteiger charge is 2.28. The number of nitrogens with zero attached hydrogens (tertiary/aromatic N) is 1. The van der Waals surface area contributed by atoms with Gasteiger partial charge in [0.05, 0.1) is 18.0 Å². The summed E-state index contributed by atoms with van der Waals surface area (Å²) in [7, 11) is 0. The molecular formula is C8H13F3N2OS. The number of likely N-dealkylation sites (N-methyl/N-ethyl adjacent to an activating group) is 1. The minimum atomic E-state index is -4.31. The highest BCUT2D eigenvalue weighted by atomic mass is 32.1. The highest BCUT2D eigenvalue weighted by molar-refractivity contribution is 7.80. The van der Waals surface area contributed by atoms with E-state index in [4.69, 9.17) is 5.73 Å². The SMILES string of the molecule is CCN(CC(N)=S)C(=O)CCC(F)(F)F. The first-order valence-electron chi connectivity index (χ1n) is 4.39. The third kappa shape index (κ3) is 7.12. The van der Waals surface area contributed by atoms with Crippen molar-refractivity contribution in [1.82, 2.24) is 4.90 Å². The smallest absolute Gasteiger partial charge is 0.389 e. The van der Waals surface area contributed by atoms with Gasteiger partial charge in [-0.25, -0.2) is 0 Å². The topological polar surface area (TPSA) is 46.3 Å². The zero-order chi connectivity index (χ0) is 12.1. The Morgan fingerprint density at radius 2 is 2.00 bits per heavy atom. The minimum Gasteiger partial charge on any atom is -0.392 e. The van der Waals surface area contributed by atoms with Crippen LogP contribution >= 0.6 is 12.2 Å². The average Bonchev–Trinajstić information content (AvgIpc) is 2.08. The maximum atomic E-state index is 11.8. The molecule has 88 valence electrons. The van der Waals surface area contributed by atoms with Crippen molar-refractivity contribution in [2.45, 2.75) is 25.9 Å². The summed E-state index contributed by atoms with van der Waals surface area (Å²) in [6, 6.07) is 0. The van der Waals surface area contributed by atoms with Crippen LogP contribution in [0.15, 0.2) is 0 Å². The van der Waals surface area contributed by atoms with Crippen molar-refractivity contribution in [1.29, 1.82) is 0 Å². The van der Waals surface area contributed by atoms with Crippen molar-refractivity contribution in [3.05, 3.63) is 0 Å². The summed E-state index contributed by atoms with van der Waals surface area (Å²) in [4.78, 5) is 12.6. The molecule has 0 heterocycles. The van der Waals surface area contributed by atoms with Gasteiger partial charge in [0.2, 0.25) is 5.91 Å². The number of thiocarbonyl (C=S) groups is 1. The third-order valence-corrected chi connectivity index (χ3v) is 1.83. The van der Waals surface area contributed by atoms with Crippen LogP contribution in [0.2, 0.25) is 0 Å². The van der Waals surface area contributed by atoms with Crippen molar-refractivity contribution < 1.29 is 18.0 Å². The van der Waals surface area contributed by atoms with Crippen molar-refractivity contribution in [2.24, 2.45) is 5.73 Å². The Balaban J connectivity index is 4.11. The van der Waals surface area contributed by atoms with E-state index in [-0.39, 0.29) is 11.5 Å². The van der Waals surface area contributed by atoms with Crippen LogP contribution in [-0.4, -0.2) is 35.1 Å². The van der Waals surface area contributed by atoms with Gasteiger partial charge in [-0.1, -0.05) is 12.2 Å². The van der Waals surface area contributed by atoms with Gasteiger partial charge in [0.1, 0.15) is 0 Å². The maximum Gasteiger partial charge on any atom is 0.389 e.